The Morgan fingerprint density at radius 1 is 1.36 bits per heavy atom. The number of carbonyl (C=O) groups excluding carboxylic acids is 1. The lowest BCUT2D eigenvalue weighted by molar-refractivity contribution is -0.00428. The van der Waals surface area contributed by atoms with Gasteiger partial charge in [-0.05, 0) is 40.5 Å². The minimum Gasteiger partial charge on any atom is -0.444 e. The zero-order valence-corrected chi connectivity index (χ0v) is 17.7. The van der Waals surface area contributed by atoms with Gasteiger partial charge in [0.05, 0.1) is 6.61 Å². The third-order valence-electron chi connectivity index (χ3n) is 5.03. The first-order valence-electron chi connectivity index (χ1n) is 9.77. The second-order valence-corrected chi connectivity index (χ2v) is 8.78. The third-order valence-corrected chi connectivity index (χ3v) is 5.21. The summed E-state index contributed by atoms with van der Waals surface area (Å²) in [4.78, 5) is 31.3. The first-order chi connectivity index (χ1) is 13.2. The molecule has 1 N–H and O–H groups in total. The molecule has 0 aromatic carbocycles. The van der Waals surface area contributed by atoms with Crippen LogP contribution in [0.15, 0.2) is 11.0 Å². The van der Waals surface area contributed by atoms with Gasteiger partial charge >= 0.3 is 6.09 Å². The van der Waals surface area contributed by atoms with Crippen LogP contribution in [0.3, 0.4) is 0 Å². The minimum atomic E-state index is -0.525. The Labute approximate surface area is 170 Å². The summed E-state index contributed by atoms with van der Waals surface area (Å²) in [5.74, 6) is 0. The molecule has 1 amide bonds. The topological polar surface area (TPSA) is 85.7 Å². The van der Waals surface area contributed by atoms with Crippen LogP contribution in [0.25, 0.3) is 0 Å². The van der Waals surface area contributed by atoms with Crippen LogP contribution in [0.2, 0.25) is 5.15 Å². The van der Waals surface area contributed by atoms with Gasteiger partial charge in [0, 0.05) is 37.9 Å². The molecule has 28 heavy (non-hydrogen) atoms. The molecule has 0 radical (unpaired) electrons. The van der Waals surface area contributed by atoms with Crippen molar-refractivity contribution in [2.45, 2.75) is 64.3 Å². The van der Waals surface area contributed by atoms with E-state index in [-0.39, 0.29) is 28.9 Å². The van der Waals surface area contributed by atoms with E-state index in [2.05, 4.69) is 10.3 Å². The van der Waals surface area contributed by atoms with Crippen molar-refractivity contribution in [3.8, 4) is 0 Å². The van der Waals surface area contributed by atoms with E-state index in [1.165, 1.54) is 0 Å². The molecule has 1 aromatic rings. The van der Waals surface area contributed by atoms with E-state index in [0.29, 0.717) is 38.2 Å². The molecule has 1 aromatic heterocycles. The number of morpholine rings is 1. The van der Waals surface area contributed by atoms with E-state index in [4.69, 9.17) is 21.1 Å². The predicted octanol–water partition coefficient (Wildman–Crippen LogP) is 2.52. The summed E-state index contributed by atoms with van der Waals surface area (Å²) in [7, 11) is 0. The number of ether oxygens (including phenoxy) is 2. The number of nitrogens with one attached hydrogen (secondary N) is 1. The van der Waals surface area contributed by atoms with Gasteiger partial charge in [0.1, 0.15) is 22.6 Å². The number of halogens is 1. The zero-order chi connectivity index (χ0) is 20.5. The van der Waals surface area contributed by atoms with Gasteiger partial charge in [0.15, 0.2) is 0 Å². The van der Waals surface area contributed by atoms with Gasteiger partial charge in [-0.25, -0.2) is 9.78 Å². The monoisotopic (exact) mass is 412 g/mol. The number of aromatic nitrogens is 2. The average Bonchev–Trinajstić information content (AvgIpc) is 2.63. The van der Waals surface area contributed by atoms with Crippen LogP contribution < -0.4 is 10.9 Å². The van der Waals surface area contributed by atoms with Gasteiger partial charge in [-0.3, -0.25) is 4.79 Å². The number of piperidine rings is 1. The quantitative estimate of drug-likeness (QED) is 0.803. The van der Waals surface area contributed by atoms with Crippen molar-refractivity contribution in [3.63, 3.8) is 0 Å². The van der Waals surface area contributed by atoms with Gasteiger partial charge in [0.2, 0.25) is 0 Å². The Hall–Kier alpha value is -1.64. The van der Waals surface area contributed by atoms with Crippen LogP contribution in [0.4, 0.5) is 4.79 Å². The molecule has 0 saturated carbocycles. The van der Waals surface area contributed by atoms with Crippen LogP contribution >= 0.6 is 11.6 Å². The Morgan fingerprint density at radius 3 is 2.64 bits per heavy atom. The molecule has 2 fully saturated rings. The van der Waals surface area contributed by atoms with Crippen LogP contribution in [0.5, 0.6) is 0 Å². The SMILES string of the molecule is CC1NCCOC1c1nc(Cl)cn(C2CCN(C(=O)OC(C)(C)C)CC2)c1=O. The molecule has 156 valence electrons. The fraction of sp³-hybridized carbons (Fsp3) is 0.737. The number of likely N-dealkylation sites (tertiary alicyclic amines) is 1. The van der Waals surface area contributed by atoms with E-state index < -0.39 is 11.7 Å². The smallest absolute Gasteiger partial charge is 0.410 e. The number of amides is 1. The van der Waals surface area contributed by atoms with E-state index in [9.17, 15) is 9.59 Å². The lowest BCUT2D eigenvalue weighted by Crippen LogP contribution is -2.46. The highest BCUT2D eigenvalue weighted by molar-refractivity contribution is 6.29. The molecule has 0 spiro atoms. The largest absolute Gasteiger partial charge is 0.444 e. The summed E-state index contributed by atoms with van der Waals surface area (Å²) in [6.07, 6.45) is 2.15. The highest BCUT2D eigenvalue weighted by atomic mass is 35.5. The summed E-state index contributed by atoms with van der Waals surface area (Å²) in [5, 5.41) is 3.57. The Balaban J connectivity index is 1.75. The van der Waals surface area contributed by atoms with Crippen LogP contribution in [-0.4, -0.2) is 58.4 Å². The number of nitrogens with zero attached hydrogens (tertiary/aromatic N) is 3. The Morgan fingerprint density at radius 2 is 2.04 bits per heavy atom. The second kappa shape index (κ2) is 8.39. The Kier molecular flexibility index (Phi) is 6.31. The van der Waals surface area contributed by atoms with Crippen molar-refractivity contribution in [1.29, 1.82) is 0 Å². The van der Waals surface area contributed by atoms with E-state index in [1.54, 1.807) is 15.7 Å². The van der Waals surface area contributed by atoms with Crippen LogP contribution in [0.1, 0.15) is 58.4 Å². The maximum absolute atomic E-state index is 13.1. The predicted molar refractivity (Wildman–Crippen MR) is 106 cm³/mol. The maximum Gasteiger partial charge on any atom is 0.410 e. The molecule has 0 bridgehead atoms. The number of carbonyl (C=O) groups is 1. The summed E-state index contributed by atoms with van der Waals surface area (Å²) in [6, 6.07) is -0.0628. The third kappa shape index (κ3) is 4.85. The van der Waals surface area contributed by atoms with Crippen molar-refractivity contribution in [2.24, 2.45) is 0 Å². The summed E-state index contributed by atoms with van der Waals surface area (Å²) < 4.78 is 12.9. The van der Waals surface area contributed by atoms with Gasteiger partial charge in [-0.2, -0.15) is 0 Å². The van der Waals surface area contributed by atoms with Crippen molar-refractivity contribution in [2.75, 3.05) is 26.2 Å². The number of rotatable bonds is 2. The molecule has 9 heteroatoms. The van der Waals surface area contributed by atoms with E-state index in [0.717, 1.165) is 6.54 Å². The van der Waals surface area contributed by atoms with Gasteiger partial charge < -0.3 is 24.3 Å². The standard InChI is InChI=1S/C19H29ClN4O4/c1-12-16(27-10-7-21-12)15-17(25)24(11-14(20)22-15)13-5-8-23(9-6-13)18(26)28-19(2,3)4/h11-13,16,21H,5-10H2,1-4H3. The number of hydrogen-bond acceptors (Lipinski definition) is 6. The molecular formula is C19H29ClN4O4. The summed E-state index contributed by atoms with van der Waals surface area (Å²) in [6.45, 7) is 9.84. The van der Waals surface area contributed by atoms with Gasteiger partial charge in [0.25, 0.3) is 5.56 Å². The summed E-state index contributed by atoms with van der Waals surface area (Å²) >= 11 is 6.23. The maximum atomic E-state index is 13.1. The zero-order valence-electron chi connectivity index (χ0n) is 16.9. The van der Waals surface area contributed by atoms with Crippen molar-refractivity contribution < 1.29 is 14.3 Å². The van der Waals surface area contributed by atoms with E-state index in [1.807, 2.05) is 27.7 Å². The first-order valence-corrected chi connectivity index (χ1v) is 10.1. The summed E-state index contributed by atoms with van der Waals surface area (Å²) in [5.41, 5.74) is -0.370. The Bertz CT molecular complexity index is 768. The molecule has 2 unspecified atom stereocenters. The first kappa shape index (κ1) is 21.1. The number of hydrogen-bond donors (Lipinski definition) is 1. The normalized spacial score (nSPS) is 24.2. The lowest BCUT2D eigenvalue weighted by atomic mass is 10.0. The van der Waals surface area contributed by atoms with Crippen LogP contribution in [0, 0.1) is 0 Å². The second-order valence-electron chi connectivity index (χ2n) is 8.39. The molecule has 3 rings (SSSR count). The van der Waals surface area contributed by atoms with Crippen LogP contribution in [-0.2, 0) is 9.47 Å². The molecule has 2 saturated heterocycles. The molecule has 3 heterocycles. The van der Waals surface area contributed by atoms with E-state index >= 15 is 0 Å². The van der Waals surface area contributed by atoms with Crippen molar-refractivity contribution in [1.82, 2.24) is 19.8 Å². The highest BCUT2D eigenvalue weighted by Crippen LogP contribution is 2.26. The van der Waals surface area contributed by atoms with Crippen molar-refractivity contribution >= 4 is 17.7 Å². The fourth-order valence-corrected chi connectivity index (χ4v) is 3.84. The lowest BCUT2D eigenvalue weighted by Gasteiger charge is -2.34. The average molecular weight is 413 g/mol. The molecular weight excluding hydrogens is 384 g/mol. The molecule has 8 nitrogen and oxygen atoms in total. The minimum absolute atomic E-state index is 0.0186. The van der Waals surface area contributed by atoms with Crippen molar-refractivity contribution in [3.05, 3.63) is 27.4 Å². The molecule has 0 aliphatic carbocycles. The fourth-order valence-electron chi connectivity index (χ4n) is 3.65. The van der Waals surface area contributed by atoms with Gasteiger partial charge in [-0.1, -0.05) is 11.6 Å². The molecule has 2 aliphatic heterocycles. The highest BCUT2D eigenvalue weighted by Gasteiger charge is 2.31. The molecule has 2 aliphatic rings. The molecule has 2 atom stereocenters. The van der Waals surface area contributed by atoms with Gasteiger partial charge in [-0.15, -0.1) is 0 Å².